The predicted molar refractivity (Wildman–Crippen MR) is 207 cm³/mol. The fourth-order valence-corrected chi connectivity index (χ4v) is 8.50. The molecule has 2 heterocycles. The first-order valence-corrected chi connectivity index (χ1v) is 19.4. The first kappa shape index (κ1) is 35.7. The number of fused-ring (bicyclic) bond motifs is 1. The van der Waals surface area contributed by atoms with Crippen LogP contribution in [0.1, 0.15) is 61.6 Å². The molecule has 1 aliphatic heterocycles. The van der Waals surface area contributed by atoms with E-state index < -0.39 is 0 Å². The zero-order valence-corrected chi connectivity index (χ0v) is 30.8. The van der Waals surface area contributed by atoms with E-state index in [-0.39, 0.29) is 17.5 Å². The van der Waals surface area contributed by atoms with Gasteiger partial charge in [0.1, 0.15) is 36.3 Å². The number of hydrogen-bond donors (Lipinski definition) is 0. The van der Waals surface area contributed by atoms with E-state index >= 15 is 0 Å². The fourth-order valence-electron chi connectivity index (χ4n) is 7.25. The molecule has 1 aromatic heterocycles. The Bertz CT molecular complexity index is 1960. The van der Waals surface area contributed by atoms with E-state index in [0.717, 1.165) is 34.7 Å². The van der Waals surface area contributed by atoms with Crippen molar-refractivity contribution in [1.82, 2.24) is 4.90 Å². The molecule has 0 spiro atoms. The summed E-state index contributed by atoms with van der Waals surface area (Å²) in [5.74, 6) is 3.31. The molecule has 7 nitrogen and oxygen atoms in total. The van der Waals surface area contributed by atoms with Crippen LogP contribution in [0.2, 0.25) is 0 Å². The van der Waals surface area contributed by atoms with Crippen LogP contribution < -0.4 is 18.9 Å². The third-order valence-corrected chi connectivity index (χ3v) is 11.4. The van der Waals surface area contributed by atoms with Crippen molar-refractivity contribution in [1.29, 1.82) is 0 Å². The van der Waals surface area contributed by atoms with E-state index in [4.69, 9.17) is 18.9 Å². The van der Waals surface area contributed by atoms with Crippen molar-refractivity contribution in [3.8, 4) is 33.4 Å². The summed E-state index contributed by atoms with van der Waals surface area (Å²) in [6.45, 7) is 4.98. The molecular formula is C44H47NO6S. The minimum absolute atomic E-state index is 0.168. The second-order valence-electron chi connectivity index (χ2n) is 13.8. The third-order valence-electron chi connectivity index (χ3n) is 10.1. The second kappa shape index (κ2) is 17.2. The summed E-state index contributed by atoms with van der Waals surface area (Å²) in [5, 5.41) is 1.20. The van der Waals surface area contributed by atoms with Crippen LogP contribution in [-0.4, -0.2) is 56.4 Å². The van der Waals surface area contributed by atoms with Crippen LogP contribution in [0.4, 0.5) is 0 Å². The third kappa shape index (κ3) is 9.03. The van der Waals surface area contributed by atoms with Gasteiger partial charge in [0.05, 0.1) is 13.7 Å². The molecule has 2 fully saturated rings. The maximum Gasteiger partial charge on any atom is 0.161 e. The normalized spacial score (nSPS) is 16.4. The van der Waals surface area contributed by atoms with Gasteiger partial charge in [0.15, 0.2) is 11.5 Å². The standard InChI is InChI=1S/C44H47NO6S/c1-48-42-27-32(11-20-41(42)50-24-7-10-34-28-35(46)14-19-40(34)47)26-39-38-18-17-37(51-30-31-8-3-2-4-9-31)29-43(38)52-44(39)33-12-15-36(16-13-33)49-25-23-45-21-5-6-22-45/h2-4,8-9,11-13,15-18,20,27,29,34H,5-7,10,14,19,21-26,28,30H2,1H3. The van der Waals surface area contributed by atoms with Crippen LogP contribution in [0.15, 0.2) is 91.0 Å². The molecule has 4 aromatic carbocycles. The number of nitrogens with zero attached hydrogens (tertiary/aromatic N) is 1. The van der Waals surface area contributed by atoms with Crippen molar-refractivity contribution in [2.45, 2.75) is 58.0 Å². The van der Waals surface area contributed by atoms with Gasteiger partial charge in [-0.1, -0.05) is 36.4 Å². The summed E-state index contributed by atoms with van der Waals surface area (Å²) in [6.07, 6.45) is 5.80. The highest BCUT2D eigenvalue weighted by atomic mass is 32.1. The van der Waals surface area contributed by atoms with Crippen molar-refractivity contribution >= 4 is 33.0 Å². The molecule has 0 radical (unpaired) electrons. The van der Waals surface area contributed by atoms with Gasteiger partial charge in [-0.2, -0.15) is 0 Å². The number of benzene rings is 4. The molecule has 0 amide bonds. The van der Waals surface area contributed by atoms with Gasteiger partial charge >= 0.3 is 0 Å². The summed E-state index contributed by atoms with van der Waals surface area (Å²) in [7, 11) is 1.66. The van der Waals surface area contributed by atoms with Crippen molar-refractivity contribution < 1.29 is 28.5 Å². The molecule has 1 aliphatic carbocycles. The lowest BCUT2D eigenvalue weighted by Gasteiger charge is -2.19. The Morgan fingerprint density at radius 3 is 2.38 bits per heavy atom. The lowest BCUT2D eigenvalue weighted by molar-refractivity contribution is -0.133. The summed E-state index contributed by atoms with van der Waals surface area (Å²) in [6, 6.07) is 31.3. The molecule has 1 saturated carbocycles. The van der Waals surface area contributed by atoms with Crippen LogP contribution in [-0.2, 0) is 22.6 Å². The molecule has 52 heavy (non-hydrogen) atoms. The highest BCUT2D eigenvalue weighted by Crippen LogP contribution is 2.42. The molecule has 0 N–H and O–H groups in total. The molecule has 0 bridgehead atoms. The van der Waals surface area contributed by atoms with Gasteiger partial charge in [0.25, 0.3) is 0 Å². The first-order valence-electron chi connectivity index (χ1n) is 18.5. The number of likely N-dealkylation sites (tertiary alicyclic amines) is 1. The average molecular weight is 718 g/mol. The lowest BCUT2D eigenvalue weighted by Crippen LogP contribution is -2.25. The Kier molecular flexibility index (Phi) is 11.8. The van der Waals surface area contributed by atoms with Crippen molar-refractivity contribution in [3.63, 3.8) is 0 Å². The molecule has 1 saturated heterocycles. The fraction of sp³-hybridized carbons (Fsp3) is 0.364. The molecule has 5 aromatic rings. The molecule has 1 atom stereocenters. The Morgan fingerprint density at radius 2 is 1.58 bits per heavy atom. The Morgan fingerprint density at radius 1 is 0.769 bits per heavy atom. The minimum Gasteiger partial charge on any atom is -0.493 e. The molecule has 270 valence electrons. The minimum atomic E-state index is -0.168. The quantitative estimate of drug-likeness (QED) is 0.0943. The summed E-state index contributed by atoms with van der Waals surface area (Å²) >= 11 is 1.78. The monoisotopic (exact) mass is 717 g/mol. The zero-order chi connectivity index (χ0) is 35.7. The number of carbonyl (C=O) groups excluding carboxylic acids is 2. The highest BCUT2D eigenvalue weighted by Gasteiger charge is 2.26. The van der Waals surface area contributed by atoms with Crippen LogP contribution >= 0.6 is 11.3 Å². The maximum atomic E-state index is 12.2. The topological polar surface area (TPSA) is 74.3 Å². The van der Waals surface area contributed by atoms with Gasteiger partial charge in [0.2, 0.25) is 0 Å². The van der Waals surface area contributed by atoms with Gasteiger partial charge in [-0.15, -0.1) is 11.3 Å². The summed E-state index contributed by atoms with van der Waals surface area (Å²) in [5.41, 5.74) is 4.65. The second-order valence-corrected chi connectivity index (χ2v) is 14.9. The van der Waals surface area contributed by atoms with Crippen molar-refractivity contribution in [2.75, 3.05) is 40.0 Å². The summed E-state index contributed by atoms with van der Waals surface area (Å²) < 4.78 is 25.4. The van der Waals surface area contributed by atoms with Crippen molar-refractivity contribution in [3.05, 3.63) is 108 Å². The number of Topliss-reactive ketones (excluding diaryl/α,β-unsaturated/α-hetero) is 2. The average Bonchev–Trinajstić information content (AvgIpc) is 3.83. The number of hydrogen-bond acceptors (Lipinski definition) is 8. The number of thiophene rings is 1. The Hall–Kier alpha value is -4.66. The zero-order valence-electron chi connectivity index (χ0n) is 29.9. The first-order chi connectivity index (χ1) is 25.5. The van der Waals surface area contributed by atoms with Gasteiger partial charge in [-0.3, -0.25) is 14.5 Å². The molecule has 8 heteroatoms. The van der Waals surface area contributed by atoms with E-state index in [1.54, 1.807) is 18.4 Å². The summed E-state index contributed by atoms with van der Waals surface area (Å²) in [4.78, 5) is 27.8. The molecule has 1 unspecified atom stereocenters. The lowest BCUT2D eigenvalue weighted by atomic mass is 9.84. The van der Waals surface area contributed by atoms with Gasteiger partial charge in [0, 0.05) is 41.3 Å². The molecule has 7 rings (SSSR count). The number of ether oxygens (including phenoxy) is 4. The number of carbonyl (C=O) groups is 2. The maximum absolute atomic E-state index is 12.2. The van der Waals surface area contributed by atoms with Gasteiger partial charge in [-0.05, 0) is 127 Å². The number of methoxy groups -OCH3 is 1. The van der Waals surface area contributed by atoms with Gasteiger partial charge < -0.3 is 18.9 Å². The Balaban J connectivity index is 1.08. The van der Waals surface area contributed by atoms with Crippen molar-refractivity contribution in [2.24, 2.45) is 5.92 Å². The van der Waals surface area contributed by atoms with E-state index in [1.165, 1.54) is 46.5 Å². The molecule has 2 aliphatic rings. The van der Waals surface area contributed by atoms with Crippen LogP contribution in [0.3, 0.4) is 0 Å². The van der Waals surface area contributed by atoms with Gasteiger partial charge in [-0.25, -0.2) is 0 Å². The van der Waals surface area contributed by atoms with E-state index in [9.17, 15) is 9.59 Å². The SMILES string of the molecule is COc1cc(Cc2c(-c3ccc(OCCN4CCCC4)cc3)sc3cc(OCc4ccccc4)ccc23)ccc1OCCCC1CC(=O)CCC1=O. The van der Waals surface area contributed by atoms with Crippen LogP contribution in [0.25, 0.3) is 20.5 Å². The van der Waals surface area contributed by atoms with Crippen LogP contribution in [0.5, 0.6) is 23.0 Å². The smallest absolute Gasteiger partial charge is 0.161 e. The number of ketones is 2. The number of rotatable bonds is 16. The largest absolute Gasteiger partial charge is 0.493 e. The van der Waals surface area contributed by atoms with E-state index in [0.29, 0.717) is 69.8 Å². The highest BCUT2D eigenvalue weighted by molar-refractivity contribution is 7.22. The molecular weight excluding hydrogens is 671 g/mol. The Labute approximate surface area is 310 Å². The van der Waals surface area contributed by atoms with E-state index in [1.807, 2.05) is 24.3 Å². The van der Waals surface area contributed by atoms with Crippen LogP contribution in [0, 0.1) is 5.92 Å². The van der Waals surface area contributed by atoms with E-state index in [2.05, 4.69) is 71.6 Å². The predicted octanol–water partition coefficient (Wildman–Crippen LogP) is 9.32.